The Bertz CT molecular complexity index is 1180. The molecule has 3 N–H and O–H groups in total. The second-order valence-electron chi connectivity index (χ2n) is 7.30. The maximum absolute atomic E-state index is 12.7. The first kappa shape index (κ1) is 22.3. The third kappa shape index (κ3) is 5.88. The topological polar surface area (TPSA) is 112 Å². The van der Waals surface area contributed by atoms with Crippen LogP contribution < -0.4 is 15.5 Å². The highest BCUT2D eigenvalue weighted by Gasteiger charge is 2.13. The molecule has 0 spiro atoms. The van der Waals surface area contributed by atoms with Gasteiger partial charge in [-0.3, -0.25) is 4.98 Å². The van der Waals surface area contributed by atoms with E-state index < -0.39 is 10.0 Å². The number of morpholine rings is 1. The third-order valence-corrected chi connectivity index (χ3v) is 6.57. The Hall–Kier alpha value is -2.86. The average Bonchev–Trinajstić information content (AvgIpc) is 2.80. The molecule has 1 aliphatic rings. The van der Waals surface area contributed by atoms with Gasteiger partial charge in [0.05, 0.1) is 36.7 Å². The van der Waals surface area contributed by atoms with E-state index in [4.69, 9.17) is 17.0 Å². The number of para-hydroxylation sites is 2. The van der Waals surface area contributed by atoms with E-state index in [0.717, 1.165) is 39.4 Å². The minimum Gasteiger partial charge on any atom is -0.433 e. The Balaban J connectivity index is 1.31. The maximum atomic E-state index is 12.7. The van der Waals surface area contributed by atoms with E-state index >= 15 is 0 Å². The van der Waals surface area contributed by atoms with Crippen LogP contribution in [0, 0.1) is 0 Å². The summed E-state index contributed by atoms with van der Waals surface area (Å²) in [7, 11) is -3.92. The number of anilines is 1. The van der Waals surface area contributed by atoms with Gasteiger partial charge in [-0.05, 0) is 53.9 Å². The number of fused-ring (bicyclic) bond motifs is 1. The third-order valence-electron chi connectivity index (χ3n) is 5.02. The fraction of sp³-hybridized carbons (Fsp3) is 0.286. The van der Waals surface area contributed by atoms with Crippen molar-refractivity contribution in [2.24, 2.45) is 0 Å². The normalized spacial score (nSPS) is 14.8. The summed E-state index contributed by atoms with van der Waals surface area (Å²) in [5.41, 5.74) is 1.95. The van der Waals surface area contributed by atoms with Crippen LogP contribution in [0.5, 0.6) is 0 Å². The number of hydrogen-bond donors (Lipinski definition) is 3. The van der Waals surface area contributed by atoms with E-state index in [-0.39, 0.29) is 10.7 Å². The average molecular weight is 473 g/mol. The smallest absolute Gasteiger partial charge is 0.202 e. The predicted octanol–water partition coefficient (Wildman–Crippen LogP) is 1.23. The van der Waals surface area contributed by atoms with Gasteiger partial charge in [0.2, 0.25) is 10.0 Å². The molecule has 1 fully saturated rings. The van der Waals surface area contributed by atoms with Gasteiger partial charge in [0.1, 0.15) is 13.1 Å². The van der Waals surface area contributed by atoms with E-state index in [2.05, 4.69) is 25.3 Å². The molecule has 0 unspecified atom stereocenters. The van der Waals surface area contributed by atoms with Crippen molar-refractivity contribution in [3.8, 4) is 0 Å². The molecule has 168 valence electrons. The SMILES string of the molecule is O=S(=O)([N-]c1cnc2ccccc2n1)c1ccc(NC(=S)NCC[NH+]2CCOCC2)cc1. The lowest BCUT2D eigenvalue weighted by molar-refractivity contribution is -0.906. The highest BCUT2D eigenvalue weighted by Crippen LogP contribution is 2.27. The van der Waals surface area contributed by atoms with Crippen molar-refractivity contribution in [3.05, 3.63) is 59.4 Å². The van der Waals surface area contributed by atoms with Gasteiger partial charge in [-0.15, -0.1) is 0 Å². The molecule has 32 heavy (non-hydrogen) atoms. The van der Waals surface area contributed by atoms with Gasteiger partial charge in [0.25, 0.3) is 0 Å². The summed E-state index contributed by atoms with van der Waals surface area (Å²) < 4.78 is 34.5. The number of benzene rings is 2. The first-order valence-electron chi connectivity index (χ1n) is 10.3. The number of ether oxygens (including phenoxy) is 1. The van der Waals surface area contributed by atoms with Crippen molar-refractivity contribution in [1.29, 1.82) is 0 Å². The lowest BCUT2D eigenvalue weighted by Crippen LogP contribution is -3.14. The Kier molecular flexibility index (Phi) is 7.10. The Morgan fingerprint density at radius 2 is 1.81 bits per heavy atom. The summed E-state index contributed by atoms with van der Waals surface area (Å²) in [6.07, 6.45) is 1.35. The molecule has 2 aromatic carbocycles. The summed E-state index contributed by atoms with van der Waals surface area (Å²) in [4.78, 5) is 10.0. The number of aromatic nitrogens is 2. The molecule has 1 aliphatic heterocycles. The zero-order valence-corrected chi connectivity index (χ0v) is 19.0. The Morgan fingerprint density at radius 3 is 2.56 bits per heavy atom. The number of thiocarbonyl (C=S) groups is 1. The summed E-state index contributed by atoms with van der Waals surface area (Å²) in [6.45, 7) is 5.32. The largest absolute Gasteiger partial charge is 0.433 e. The molecule has 1 aromatic heterocycles. The molecule has 2 heterocycles. The fourth-order valence-corrected chi connectivity index (χ4v) is 4.46. The quantitative estimate of drug-likeness (QED) is 0.440. The molecule has 4 rings (SSSR count). The Morgan fingerprint density at radius 1 is 1.09 bits per heavy atom. The predicted molar refractivity (Wildman–Crippen MR) is 127 cm³/mol. The van der Waals surface area contributed by atoms with Crippen molar-refractivity contribution in [3.63, 3.8) is 0 Å². The first-order valence-corrected chi connectivity index (χ1v) is 12.1. The monoisotopic (exact) mass is 472 g/mol. The fourth-order valence-electron chi connectivity index (χ4n) is 3.32. The molecular weight excluding hydrogens is 448 g/mol. The standard InChI is InChI=1S/C21H24N6O3S2/c28-32(29,26-20-15-23-18-3-1-2-4-19(18)25-20)17-7-5-16(6-8-17)24-21(31)22-9-10-27-11-13-30-14-12-27/h1-8,15H,9-14H2,(H3,22,24,25,26,31). The zero-order valence-electron chi connectivity index (χ0n) is 17.3. The van der Waals surface area contributed by atoms with Gasteiger partial charge in [-0.2, -0.15) is 0 Å². The number of nitrogens with zero attached hydrogens (tertiary/aromatic N) is 3. The van der Waals surface area contributed by atoms with Crippen LogP contribution in [0.4, 0.5) is 11.5 Å². The molecule has 11 heteroatoms. The second kappa shape index (κ2) is 10.2. The van der Waals surface area contributed by atoms with Gasteiger partial charge in [0.15, 0.2) is 5.11 Å². The van der Waals surface area contributed by atoms with Gasteiger partial charge in [0, 0.05) is 11.9 Å². The number of quaternary nitrogens is 1. The molecule has 0 radical (unpaired) electrons. The zero-order chi connectivity index (χ0) is 22.4. The number of hydrogen-bond acceptors (Lipinski definition) is 6. The van der Waals surface area contributed by atoms with Crippen LogP contribution in [0.25, 0.3) is 15.8 Å². The number of nitrogens with one attached hydrogen (secondary N) is 3. The molecule has 0 atom stereocenters. The summed E-state index contributed by atoms with van der Waals surface area (Å²) in [5, 5.41) is 6.73. The summed E-state index contributed by atoms with van der Waals surface area (Å²) in [5.74, 6) is 0.0404. The number of rotatable bonds is 7. The van der Waals surface area contributed by atoms with Crippen LogP contribution in [-0.4, -0.2) is 62.9 Å². The highest BCUT2D eigenvalue weighted by atomic mass is 32.2. The van der Waals surface area contributed by atoms with E-state index in [1.54, 1.807) is 24.3 Å². The molecule has 0 bridgehead atoms. The lowest BCUT2D eigenvalue weighted by Gasteiger charge is -2.24. The maximum Gasteiger partial charge on any atom is 0.202 e. The van der Waals surface area contributed by atoms with Crippen molar-refractivity contribution in [2.75, 3.05) is 44.7 Å². The van der Waals surface area contributed by atoms with E-state index in [9.17, 15) is 8.42 Å². The van der Waals surface area contributed by atoms with E-state index in [1.807, 2.05) is 12.1 Å². The van der Waals surface area contributed by atoms with Crippen LogP contribution >= 0.6 is 12.2 Å². The van der Waals surface area contributed by atoms with Gasteiger partial charge in [-0.1, -0.05) is 18.2 Å². The minimum absolute atomic E-state index is 0.0404. The lowest BCUT2D eigenvalue weighted by atomic mass is 10.3. The highest BCUT2D eigenvalue weighted by molar-refractivity contribution is 7.94. The van der Waals surface area contributed by atoms with Crippen LogP contribution in [0.1, 0.15) is 0 Å². The van der Waals surface area contributed by atoms with Gasteiger partial charge >= 0.3 is 0 Å². The molecule has 0 saturated carbocycles. The molecule has 0 amide bonds. The van der Waals surface area contributed by atoms with Crippen molar-refractivity contribution < 1.29 is 18.1 Å². The second-order valence-corrected chi connectivity index (χ2v) is 9.31. The molecule has 9 nitrogen and oxygen atoms in total. The van der Waals surface area contributed by atoms with Crippen molar-refractivity contribution >= 4 is 49.9 Å². The van der Waals surface area contributed by atoms with Crippen LogP contribution in [0.2, 0.25) is 0 Å². The van der Waals surface area contributed by atoms with Crippen molar-refractivity contribution in [2.45, 2.75) is 4.90 Å². The van der Waals surface area contributed by atoms with Crippen LogP contribution in [-0.2, 0) is 14.8 Å². The van der Waals surface area contributed by atoms with Gasteiger partial charge < -0.3 is 30.0 Å². The van der Waals surface area contributed by atoms with E-state index in [0.29, 0.717) is 21.8 Å². The molecule has 1 saturated heterocycles. The molecule has 3 aromatic rings. The first-order chi connectivity index (χ1) is 15.5. The molecular formula is C21H24N6O3S2. The Labute approximate surface area is 192 Å². The summed E-state index contributed by atoms with van der Waals surface area (Å²) >= 11 is 5.33. The van der Waals surface area contributed by atoms with Crippen LogP contribution in [0.15, 0.2) is 59.6 Å². The van der Waals surface area contributed by atoms with Crippen LogP contribution in [0.3, 0.4) is 0 Å². The number of sulfonamides is 1. The van der Waals surface area contributed by atoms with Crippen molar-refractivity contribution in [1.82, 2.24) is 15.3 Å². The molecule has 0 aliphatic carbocycles. The summed E-state index contributed by atoms with van der Waals surface area (Å²) in [6, 6.07) is 13.5. The van der Waals surface area contributed by atoms with E-state index in [1.165, 1.54) is 23.2 Å². The van der Waals surface area contributed by atoms with Gasteiger partial charge in [-0.25, -0.2) is 8.42 Å². The minimum atomic E-state index is -3.92.